The SMILES string of the molecule is C1=C(c2ccn[nH]2)Cc2cc(-c3ccc4[nH]ccc4c3)cnc2N1. The van der Waals surface area contributed by atoms with Gasteiger partial charge in [0.05, 0.1) is 5.69 Å². The zero-order valence-corrected chi connectivity index (χ0v) is 12.9. The molecule has 1 aliphatic rings. The molecule has 0 spiro atoms. The highest BCUT2D eigenvalue weighted by atomic mass is 15.1. The van der Waals surface area contributed by atoms with Gasteiger partial charge in [0.1, 0.15) is 5.82 Å². The van der Waals surface area contributed by atoms with Crippen LogP contribution in [-0.4, -0.2) is 20.2 Å². The number of pyridine rings is 1. The van der Waals surface area contributed by atoms with Gasteiger partial charge in [-0.2, -0.15) is 5.10 Å². The van der Waals surface area contributed by atoms with Crippen LogP contribution in [0.4, 0.5) is 5.82 Å². The summed E-state index contributed by atoms with van der Waals surface area (Å²) in [7, 11) is 0. The molecule has 0 saturated carbocycles. The molecule has 3 N–H and O–H groups in total. The number of allylic oxidation sites excluding steroid dienone is 1. The van der Waals surface area contributed by atoms with Crippen LogP contribution in [0.5, 0.6) is 0 Å². The van der Waals surface area contributed by atoms with Gasteiger partial charge in [-0.25, -0.2) is 4.98 Å². The van der Waals surface area contributed by atoms with E-state index >= 15 is 0 Å². The van der Waals surface area contributed by atoms with Crippen LogP contribution in [0.1, 0.15) is 11.3 Å². The summed E-state index contributed by atoms with van der Waals surface area (Å²) in [4.78, 5) is 7.82. The molecule has 0 amide bonds. The largest absolute Gasteiger partial charge is 0.361 e. The van der Waals surface area contributed by atoms with Crippen molar-refractivity contribution in [2.24, 2.45) is 0 Å². The normalized spacial score (nSPS) is 13.4. The van der Waals surface area contributed by atoms with E-state index in [-0.39, 0.29) is 0 Å². The first-order valence-corrected chi connectivity index (χ1v) is 7.88. The molecule has 5 rings (SSSR count). The monoisotopic (exact) mass is 313 g/mol. The summed E-state index contributed by atoms with van der Waals surface area (Å²) in [5.41, 5.74) is 6.86. The van der Waals surface area contributed by atoms with E-state index in [9.17, 15) is 0 Å². The van der Waals surface area contributed by atoms with Crippen molar-refractivity contribution in [1.29, 1.82) is 0 Å². The summed E-state index contributed by atoms with van der Waals surface area (Å²) >= 11 is 0. The molecule has 0 aliphatic carbocycles. The van der Waals surface area contributed by atoms with E-state index < -0.39 is 0 Å². The average Bonchev–Trinajstić information content (AvgIpc) is 3.31. The first kappa shape index (κ1) is 13.1. The number of H-pyrrole nitrogens is 2. The zero-order chi connectivity index (χ0) is 15.9. The lowest BCUT2D eigenvalue weighted by atomic mass is 9.97. The maximum atomic E-state index is 4.59. The van der Waals surface area contributed by atoms with Crippen molar-refractivity contribution in [3.05, 3.63) is 72.4 Å². The highest BCUT2D eigenvalue weighted by molar-refractivity contribution is 5.85. The third-order valence-electron chi connectivity index (χ3n) is 4.46. The molecule has 1 aliphatic heterocycles. The van der Waals surface area contributed by atoms with Gasteiger partial charge in [0.15, 0.2) is 0 Å². The molecule has 4 aromatic rings. The average molecular weight is 313 g/mol. The van der Waals surface area contributed by atoms with Gasteiger partial charge >= 0.3 is 0 Å². The second kappa shape index (κ2) is 5.09. The number of hydrogen-bond donors (Lipinski definition) is 3. The highest BCUT2D eigenvalue weighted by Crippen LogP contribution is 2.31. The van der Waals surface area contributed by atoms with Crippen molar-refractivity contribution >= 4 is 22.3 Å². The summed E-state index contributed by atoms with van der Waals surface area (Å²) < 4.78 is 0. The van der Waals surface area contributed by atoms with E-state index in [4.69, 9.17) is 0 Å². The van der Waals surface area contributed by atoms with Gasteiger partial charge in [-0.1, -0.05) is 6.07 Å². The maximum absolute atomic E-state index is 4.59. The van der Waals surface area contributed by atoms with Gasteiger partial charge < -0.3 is 10.3 Å². The van der Waals surface area contributed by atoms with E-state index in [0.717, 1.165) is 29.0 Å². The molecule has 5 nitrogen and oxygen atoms in total. The second-order valence-electron chi connectivity index (χ2n) is 5.97. The summed E-state index contributed by atoms with van der Waals surface area (Å²) in [6.45, 7) is 0. The van der Waals surface area contributed by atoms with Crippen molar-refractivity contribution in [2.75, 3.05) is 5.32 Å². The first-order valence-electron chi connectivity index (χ1n) is 7.88. The van der Waals surface area contributed by atoms with E-state index in [0.29, 0.717) is 0 Å². The Bertz CT molecular complexity index is 1060. The molecule has 5 heteroatoms. The fraction of sp³-hybridized carbons (Fsp3) is 0.0526. The van der Waals surface area contributed by atoms with Crippen molar-refractivity contribution in [1.82, 2.24) is 20.2 Å². The van der Waals surface area contributed by atoms with Crippen molar-refractivity contribution in [3.8, 4) is 11.1 Å². The van der Waals surface area contributed by atoms with Crippen LogP contribution in [0.3, 0.4) is 0 Å². The standard InChI is InChI=1S/C19H15N5/c1-2-17-13(3-5-20-17)7-12(1)15-8-14-9-16(18-4-6-23-24-18)11-22-19(14)21-10-15/h1-8,10-11,20H,9H2,(H,21,22)(H,23,24). The number of aromatic amines is 2. The number of benzene rings is 1. The van der Waals surface area contributed by atoms with Crippen molar-refractivity contribution in [3.63, 3.8) is 0 Å². The lowest BCUT2D eigenvalue weighted by Gasteiger charge is -2.17. The third-order valence-corrected chi connectivity index (χ3v) is 4.46. The van der Waals surface area contributed by atoms with Gasteiger partial charge in [0, 0.05) is 42.3 Å². The molecule has 24 heavy (non-hydrogen) atoms. The van der Waals surface area contributed by atoms with E-state index in [2.05, 4.69) is 55.8 Å². The number of rotatable bonds is 2. The fourth-order valence-corrected chi connectivity index (χ4v) is 3.19. The Hall–Kier alpha value is -3.34. The van der Waals surface area contributed by atoms with Gasteiger partial charge in [0.25, 0.3) is 0 Å². The smallest absolute Gasteiger partial charge is 0.133 e. The Kier molecular flexibility index (Phi) is 2.79. The number of hydrogen-bond acceptors (Lipinski definition) is 3. The molecule has 0 unspecified atom stereocenters. The summed E-state index contributed by atoms with van der Waals surface area (Å²) in [5.74, 6) is 0.921. The lowest BCUT2D eigenvalue weighted by Crippen LogP contribution is -2.07. The van der Waals surface area contributed by atoms with Crippen molar-refractivity contribution in [2.45, 2.75) is 6.42 Å². The molecule has 0 fully saturated rings. The number of nitrogens with zero attached hydrogens (tertiary/aromatic N) is 2. The molecule has 0 bridgehead atoms. The number of anilines is 1. The Morgan fingerprint density at radius 3 is 2.92 bits per heavy atom. The number of aromatic nitrogens is 4. The Morgan fingerprint density at radius 2 is 2.00 bits per heavy atom. The Morgan fingerprint density at radius 1 is 1.00 bits per heavy atom. The molecule has 4 heterocycles. The van der Waals surface area contributed by atoms with Crippen LogP contribution in [0.25, 0.3) is 27.6 Å². The van der Waals surface area contributed by atoms with Crippen LogP contribution >= 0.6 is 0 Å². The zero-order valence-electron chi connectivity index (χ0n) is 12.9. The lowest BCUT2D eigenvalue weighted by molar-refractivity contribution is 1.05. The van der Waals surface area contributed by atoms with Crippen LogP contribution in [-0.2, 0) is 6.42 Å². The molecular weight excluding hydrogens is 298 g/mol. The first-order chi connectivity index (χ1) is 11.9. The molecule has 116 valence electrons. The van der Waals surface area contributed by atoms with Crippen molar-refractivity contribution < 1.29 is 0 Å². The number of nitrogens with one attached hydrogen (secondary N) is 3. The summed E-state index contributed by atoms with van der Waals surface area (Å²) in [6.07, 6.45) is 8.48. The minimum atomic E-state index is 0.831. The molecule has 3 aromatic heterocycles. The van der Waals surface area contributed by atoms with Gasteiger partial charge in [-0.05, 0) is 52.4 Å². The van der Waals surface area contributed by atoms with E-state index in [1.54, 1.807) is 6.20 Å². The minimum absolute atomic E-state index is 0.831. The maximum Gasteiger partial charge on any atom is 0.133 e. The predicted octanol–water partition coefficient (Wildman–Crippen LogP) is 3.96. The van der Waals surface area contributed by atoms with Crippen LogP contribution < -0.4 is 5.32 Å². The van der Waals surface area contributed by atoms with Gasteiger partial charge in [-0.15, -0.1) is 0 Å². The highest BCUT2D eigenvalue weighted by Gasteiger charge is 2.15. The molecule has 0 atom stereocenters. The van der Waals surface area contributed by atoms with E-state index in [1.165, 1.54) is 22.1 Å². The molecular formula is C19H15N5. The quantitative estimate of drug-likeness (QED) is 0.524. The predicted molar refractivity (Wildman–Crippen MR) is 95.4 cm³/mol. The Balaban J connectivity index is 1.53. The molecule has 1 aromatic carbocycles. The van der Waals surface area contributed by atoms with Crippen LogP contribution in [0.2, 0.25) is 0 Å². The van der Waals surface area contributed by atoms with Gasteiger partial charge in [0.2, 0.25) is 0 Å². The summed E-state index contributed by atoms with van der Waals surface area (Å²) in [5, 5.41) is 11.5. The molecule has 0 radical (unpaired) electrons. The van der Waals surface area contributed by atoms with Crippen LogP contribution in [0, 0.1) is 0 Å². The van der Waals surface area contributed by atoms with E-state index in [1.807, 2.05) is 24.7 Å². The topological polar surface area (TPSA) is 69.4 Å². The fourth-order valence-electron chi connectivity index (χ4n) is 3.19. The third kappa shape index (κ3) is 2.10. The molecule has 0 saturated heterocycles. The Labute approximate surface area is 138 Å². The summed E-state index contributed by atoms with van der Waals surface area (Å²) in [6, 6.07) is 12.7. The number of fused-ring (bicyclic) bond motifs is 2. The second-order valence-corrected chi connectivity index (χ2v) is 5.97. The van der Waals surface area contributed by atoms with Gasteiger partial charge in [-0.3, -0.25) is 5.10 Å². The van der Waals surface area contributed by atoms with Crippen LogP contribution in [0.15, 0.2) is 61.2 Å². The minimum Gasteiger partial charge on any atom is -0.361 e.